The number of carboxylic acids is 1. The van der Waals surface area contributed by atoms with Crippen molar-refractivity contribution in [3.8, 4) is 0 Å². The lowest BCUT2D eigenvalue weighted by molar-refractivity contribution is -0.156. The van der Waals surface area contributed by atoms with Crippen molar-refractivity contribution in [2.24, 2.45) is 5.92 Å². The van der Waals surface area contributed by atoms with Gasteiger partial charge in [0.2, 0.25) is 0 Å². The van der Waals surface area contributed by atoms with Gasteiger partial charge in [0.25, 0.3) is 0 Å². The van der Waals surface area contributed by atoms with E-state index in [1.807, 2.05) is 0 Å². The predicted octanol–water partition coefficient (Wildman–Crippen LogP) is 2.05. The van der Waals surface area contributed by atoms with Crippen LogP contribution >= 0.6 is 0 Å². The number of carboxylic acid groups (broad SMARTS) is 1. The molecular weight excluding hydrogens is 168 g/mol. The van der Waals surface area contributed by atoms with Gasteiger partial charge in [-0.1, -0.05) is 19.8 Å². The number of carbonyl (C=O) groups is 1. The molecule has 0 heterocycles. The first-order chi connectivity index (χ1) is 6.11. The number of rotatable bonds is 3. The molecule has 0 aromatic rings. The minimum absolute atomic E-state index is 0.153. The molecule has 0 bridgehead atoms. The molecule has 0 spiro atoms. The number of hydrogen-bond donors (Lipinski definition) is 1. The molecule has 1 aliphatic rings. The fraction of sp³-hybridized carbons (Fsp3) is 0.900. The smallest absolute Gasteiger partial charge is 0.332 e. The van der Waals surface area contributed by atoms with E-state index in [1.54, 1.807) is 6.92 Å². The fourth-order valence-corrected chi connectivity index (χ4v) is 1.80. The van der Waals surface area contributed by atoms with Crippen LogP contribution in [0.2, 0.25) is 0 Å². The van der Waals surface area contributed by atoms with Crippen LogP contribution in [0.3, 0.4) is 0 Å². The standard InChI is InChI=1S/C10H18O3/c1-7-5-3-4-6-9(7)13-8(2)10(11)12/h7-9H,3-6H2,1-2H3,(H,11,12). The molecule has 3 atom stereocenters. The monoisotopic (exact) mass is 186 g/mol. The van der Waals surface area contributed by atoms with Crippen LogP contribution in [0.15, 0.2) is 0 Å². The van der Waals surface area contributed by atoms with E-state index in [0.717, 1.165) is 12.8 Å². The van der Waals surface area contributed by atoms with Crippen LogP contribution in [-0.2, 0) is 9.53 Å². The SMILES string of the molecule is CC(OC1CCCCC1C)C(=O)O. The summed E-state index contributed by atoms with van der Waals surface area (Å²) in [6.45, 7) is 3.74. The van der Waals surface area contributed by atoms with E-state index in [1.165, 1.54) is 12.8 Å². The molecular formula is C10H18O3. The summed E-state index contributed by atoms with van der Waals surface area (Å²) in [5.41, 5.74) is 0. The molecule has 1 N–H and O–H groups in total. The van der Waals surface area contributed by atoms with Gasteiger partial charge in [-0.3, -0.25) is 0 Å². The highest BCUT2D eigenvalue weighted by Gasteiger charge is 2.25. The van der Waals surface area contributed by atoms with E-state index in [0.29, 0.717) is 5.92 Å². The Morgan fingerprint density at radius 3 is 2.62 bits per heavy atom. The van der Waals surface area contributed by atoms with E-state index in [9.17, 15) is 4.79 Å². The predicted molar refractivity (Wildman–Crippen MR) is 49.6 cm³/mol. The Bertz CT molecular complexity index is 179. The molecule has 0 aromatic heterocycles. The molecule has 0 amide bonds. The summed E-state index contributed by atoms with van der Waals surface area (Å²) in [4.78, 5) is 10.6. The van der Waals surface area contributed by atoms with Crippen LogP contribution in [0.25, 0.3) is 0 Å². The summed E-state index contributed by atoms with van der Waals surface area (Å²) in [5, 5.41) is 8.67. The highest BCUT2D eigenvalue weighted by Crippen LogP contribution is 2.27. The zero-order chi connectivity index (χ0) is 9.84. The zero-order valence-electron chi connectivity index (χ0n) is 8.32. The van der Waals surface area contributed by atoms with Gasteiger partial charge >= 0.3 is 5.97 Å². The second-order valence-corrected chi connectivity index (χ2v) is 3.92. The largest absolute Gasteiger partial charge is 0.479 e. The molecule has 1 saturated carbocycles. The first-order valence-electron chi connectivity index (χ1n) is 4.99. The lowest BCUT2D eigenvalue weighted by atomic mass is 9.88. The van der Waals surface area contributed by atoms with E-state index >= 15 is 0 Å². The summed E-state index contributed by atoms with van der Waals surface area (Å²) in [6, 6.07) is 0. The number of aliphatic carboxylic acids is 1. The minimum atomic E-state index is -0.863. The van der Waals surface area contributed by atoms with Crippen molar-refractivity contribution in [3.63, 3.8) is 0 Å². The summed E-state index contributed by atoms with van der Waals surface area (Å²) in [6.07, 6.45) is 4.09. The lowest BCUT2D eigenvalue weighted by Crippen LogP contribution is -2.32. The maximum Gasteiger partial charge on any atom is 0.332 e. The molecule has 3 unspecified atom stereocenters. The normalized spacial score (nSPS) is 31.2. The Morgan fingerprint density at radius 2 is 2.08 bits per heavy atom. The third kappa shape index (κ3) is 2.99. The van der Waals surface area contributed by atoms with Gasteiger partial charge in [0.05, 0.1) is 6.10 Å². The van der Waals surface area contributed by atoms with Crippen molar-refractivity contribution in [2.75, 3.05) is 0 Å². The van der Waals surface area contributed by atoms with E-state index < -0.39 is 12.1 Å². The first-order valence-corrected chi connectivity index (χ1v) is 4.99. The second-order valence-electron chi connectivity index (χ2n) is 3.92. The molecule has 0 radical (unpaired) electrons. The van der Waals surface area contributed by atoms with E-state index in [-0.39, 0.29) is 6.10 Å². The Hall–Kier alpha value is -0.570. The average molecular weight is 186 g/mol. The van der Waals surface area contributed by atoms with Gasteiger partial charge in [0, 0.05) is 0 Å². The van der Waals surface area contributed by atoms with Crippen LogP contribution in [0.5, 0.6) is 0 Å². The van der Waals surface area contributed by atoms with Gasteiger partial charge in [0.1, 0.15) is 0 Å². The molecule has 0 saturated heterocycles. The van der Waals surface area contributed by atoms with Crippen LogP contribution in [-0.4, -0.2) is 23.3 Å². The minimum Gasteiger partial charge on any atom is -0.479 e. The number of hydrogen-bond acceptors (Lipinski definition) is 2. The molecule has 1 fully saturated rings. The van der Waals surface area contributed by atoms with Crippen molar-refractivity contribution in [1.29, 1.82) is 0 Å². The Labute approximate surface area is 79.1 Å². The van der Waals surface area contributed by atoms with E-state index in [4.69, 9.17) is 9.84 Å². The highest BCUT2D eigenvalue weighted by atomic mass is 16.5. The van der Waals surface area contributed by atoms with Crippen molar-refractivity contribution in [2.45, 2.75) is 51.7 Å². The Kier molecular flexibility index (Phi) is 3.72. The average Bonchev–Trinajstić information content (AvgIpc) is 2.08. The lowest BCUT2D eigenvalue weighted by Gasteiger charge is -2.30. The van der Waals surface area contributed by atoms with Gasteiger partial charge in [-0.15, -0.1) is 0 Å². The Balaban J connectivity index is 2.37. The van der Waals surface area contributed by atoms with Gasteiger partial charge in [-0.2, -0.15) is 0 Å². The molecule has 0 aromatic carbocycles. The summed E-state index contributed by atoms with van der Waals surface area (Å²) in [7, 11) is 0. The van der Waals surface area contributed by atoms with Crippen molar-refractivity contribution in [1.82, 2.24) is 0 Å². The molecule has 13 heavy (non-hydrogen) atoms. The van der Waals surface area contributed by atoms with Crippen molar-refractivity contribution < 1.29 is 14.6 Å². The van der Waals surface area contributed by atoms with E-state index in [2.05, 4.69) is 6.92 Å². The molecule has 1 rings (SSSR count). The van der Waals surface area contributed by atoms with Crippen LogP contribution < -0.4 is 0 Å². The molecule has 76 valence electrons. The maximum absolute atomic E-state index is 10.6. The van der Waals surface area contributed by atoms with Crippen molar-refractivity contribution in [3.05, 3.63) is 0 Å². The van der Waals surface area contributed by atoms with Gasteiger partial charge in [0.15, 0.2) is 6.10 Å². The van der Waals surface area contributed by atoms with Gasteiger partial charge in [-0.05, 0) is 25.7 Å². The topological polar surface area (TPSA) is 46.5 Å². The van der Waals surface area contributed by atoms with Gasteiger partial charge in [-0.25, -0.2) is 4.79 Å². The molecule has 3 heteroatoms. The van der Waals surface area contributed by atoms with Crippen molar-refractivity contribution >= 4 is 5.97 Å². The maximum atomic E-state index is 10.6. The molecule has 0 aliphatic heterocycles. The molecule has 1 aliphatic carbocycles. The Morgan fingerprint density at radius 1 is 1.46 bits per heavy atom. The summed E-state index contributed by atoms with van der Waals surface area (Å²) in [5.74, 6) is -0.353. The quantitative estimate of drug-likeness (QED) is 0.733. The summed E-state index contributed by atoms with van der Waals surface area (Å²) < 4.78 is 5.47. The van der Waals surface area contributed by atoms with Crippen LogP contribution in [0.4, 0.5) is 0 Å². The third-order valence-electron chi connectivity index (χ3n) is 2.76. The third-order valence-corrected chi connectivity index (χ3v) is 2.76. The highest BCUT2D eigenvalue weighted by molar-refractivity contribution is 5.71. The second kappa shape index (κ2) is 4.61. The first kappa shape index (κ1) is 10.5. The van der Waals surface area contributed by atoms with Crippen LogP contribution in [0, 0.1) is 5.92 Å². The molecule has 3 nitrogen and oxygen atoms in total. The fourth-order valence-electron chi connectivity index (χ4n) is 1.80. The zero-order valence-corrected chi connectivity index (χ0v) is 8.32. The summed E-state index contributed by atoms with van der Waals surface area (Å²) >= 11 is 0. The number of ether oxygens (including phenoxy) is 1. The van der Waals surface area contributed by atoms with Gasteiger partial charge < -0.3 is 9.84 Å². The van der Waals surface area contributed by atoms with Crippen LogP contribution in [0.1, 0.15) is 39.5 Å².